The van der Waals surface area contributed by atoms with E-state index in [1.165, 1.54) is 24.4 Å². The highest BCUT2D eigenvalue weighted by molar-refractivity contribution is 6.03. The van der Waals surface area contributed by atoms with E-state index in [1.807, 2.05) is 0 Å². The van der Waals surface area contributed by atoms with Gasteiger partial charge in [0.05, 0.1) is 5.69 Å². The number of aliphatic imine (C=N–C) groups is 1. The van der Waals surface area contributed by atoms with E-state index in [4.69, 9.17) is 5.73 Å². The summed E-state index contributed by atoms with van der Waals surface area (Å²) in [4.78, 5) is 16.0. The number of benzene rings is 1. The van der Waals surface area contributed by atoms with Crippen LogP contribution in [0.3, 0.4) is 0 Å². The molecule has 0 saturated heterocycles. The number of allylic oxidation sites excluding steroid dienone is 1. The van der Waals surface area contributed by atoms with Crippen molar-refractivity contribution in [1.29, 1.82) is 0 Å². The molecule has 0 atom stereocenters. The average molecular weight is 342 g/mol. The molecule has 6 nitrogen and oxygen atoms in total. The molecule has 9 heteroatoms. The van der Waals surface area contributed by atoms with Crippen LogP contribution in [-0.4, -0.2) is 24.4 Å². The molecule has 0 saturated carbocycles. The van der Waals surface area contributed by atoms with Gasteiger partial charge in [0, 0.05) is 12.3 Å². The van der Waals surface area contributed by atoms with Crippen molar-refractivity contribution in [2.24, 2.45) is 15.8 Å². The highest BCUT2D eigenvalue weighted by Gasteiger charge is 2.31. The summed E-state index contributed by atoms with van der Waals surface area (Å²) in [7, 11) is 0. The van der Waals surface area contributed by atoms with Gasteiger partial charge in [-0.15, -0.1) is 18.3 Å². The van der Waals surface area contributed by atoms with Crippen LogP contribution in [-0.2, 0) is 4.79 Å². The summed E-state index contributed by atoms with van der Waals surface area (Å²) in [5.41, 5.74) is 6.50. The van der Waals surface area contributed by atoms with Gasteiger partial charge in [-0.2, -0.15) is 5.01 Å². The number of amides is 1. The van der Waals surface area contributed by atoms with Gasteiger partial charge in [0.15, 0.2) is 0 Å². The molecule has 1 aromatic rings. The van der Waals surface area contributed by atoms with Crippen LogP contribution in [0.4, 0.5) is 18.9 Å². The third kappa shape index (κ3) is 6.51. The van der Waals surface area contributed by atoms with E-state index in [-0.39, 0.29) is 11.6 Å². The first-order chi connectivity index (χ1) is 11.1. The summed E-state index contributed by atoms with van der Waals surface area (Å²) in [6.07, 6.45) is -2.09. The number of rotatable bonds is 4. The van der Waals surface area contributed by atoms with Crippen molar-refractivity contribution in [2.45, 2.75) is 27.1 Å². The molecule has 0 aromatic heterocycles. The standard InChI is InChI=1S/C15H17F3N4O2/c1-4-20-14(19)21-22(13(23)9-10(2)3)11-5-7-12(8-6-11)24-15(16,17)18/h4-9H,1-3H3,(H2,19,21). The molecule has 0 fully saturated rings. The van der Waals surface area contributed by atoms with Crippen molar-refractivity contribution in [3.63, 3.8) is 0 Å². The monoisotopic (exact) mass is 342 g/mol. The van der Waals surface area contributed by atoms with Crippen LogP contribution in [0.1, 0.15) is 20.8 Å². The van der Waals surface area contributed by atoms with E-state index in [0.717, 1.165) is 22.7 Å². The molecule has 1 rings (SSSR count). The minimum absolute atomic E-state index is 0.177. The average Bonchev–Trinajstić information content (AvgIpc) is 2.43. The number of carbonyl (C=O) groups excluding carboxylic acids is 1. The van der Waals surface area contributed by atoms with Crippen LogP contribution < -0.4 is 15.5 Å². The maximum Gasteiger partial charge on any atom is 0.573 e. The largest absolute Gasteiger partial charge is 0.573 e. The van der Waals surface area contributed by atoms with E-state index in [0.29, 0.717) is 0 Å². The Bertz CT molecular complexity index is 660. The zero-order valence-corrected chi connectivity index (χ0v) is 13.3. The number of ether oxygens (including phenoxy) is 1. The van der Waals surface area contributed by atoms with Gasteiger partial charge in [-0.3, -0.25) is 4.79 Å². The second kappa shape index (κ2) is 8.14. The van der Waals surface area contributed by atoms with Crippen LogP contribution in [0.25, 0.3) is 0 Å². The number of nitrogens with zero attached hydrogens (tertiary/aromatic N) is 3. The number of guanidine groups is 1. The van der Waals surface area contributed by atoms with Gasteiger partial charge in [0.2, 0.25) is 5.96 Å². The first-order valence-corrected chi connectivity index (χ1v) is 6.80. The van der Waals surface area contributed by atoms with Crippen molar-refractivity contribution >= 4 is 23.8 Å². The lowest BCUT2D eigenvalue weighted by atomic mass is 10.2. The summed E-state index contributed by atoms with van der Waals surface area (Å²) in [5.74, 6) is -1.11. The Morgan fingerprint density at radius 3 is 2.29 bits per heavy atom. The normalized spacial score (nSPS) is 12.2. The SMILES string of the molecule is CC=N/C(N)=N\N(C(=O)C=C(C)C)c1ccc(OC(F)(F)F)cc1. The molecule has 24 heavy (non-hydrogen) atoms. The number of carbonyl (C=O) groups is 1. The molecule has 1 amide bonds. The number of nitrogens with two attached hydrogens (primary N) is 1. The lowest BCUT2D eigenvalue weighted by Gasteiger charge is -2.16. The molecule has 0 aliphatic rings. The molecule has 0 spiro atoms. The Hall–Kier alpha value is -2.84. The van der Waals surface area contributed by atoms with Gasteiger partial charge in [-0.05, 0) is 45.0 Å². The van der Waals surface area contributed by atoms with Crippen molar-refractivity contribution in [3.8, 4) is 5.75 Å². The predicted octanol–water partition coefficient (Wildman–Crippen LogP) is 3.20. The van der Waals surface area contributed by atoms with Crippen LogP contribution in [0.5, 0.6) is 5.75 Å². The number of alkyl halides is 3. The fourth-order valence-corrected chi connectivity index (χ4v) is 1.59. The number of anilines is 1. The van der Waals surface area contributed by atoms with E-state index in [1.54, 1.807) is 20.8 Å². The molecule has 2 N–H and O–H groups in total. The van der Waals surface area contributed by atoms with E-state index < -0.39 is 18.0 Å². The summed E-state index contributed by atoms with van der Waals surface area (Å²) in [6, 6.07) is 4.65. The van der Waals surface area contributed by atoms with Gasteiger partial charge in [0.25, 0.3) is 5.91 Å². The fourth-order valence-electron chi connectivity index (χ4n) is 1.59. The first-order valence-electron chi connectivity index (χ1n) is 6.80. The van der Waals surface area contributed by atoms with Gasteiger partial charge < -0.3 is 10.5 Å². The second-order valence-corrected chi connectivity index (χ2v) is 4.76. The van der Waals surface area contributed by atoms with E-state index in [9.17, 15) is 18.0 Å². The Morgan fingerprint density at radius 1 is 1.25 bits per heavy atom. The Balaban J connectivity index is 3.17. The summed E-state index contributed by atoms with van der Waals surface area (Å²) in [5, 5.41) is 4.80. The minimum Gasteiger partial charge on any atom is -0.406 e. The molecule has 0 unspecified atom stereocenters. The summed E-state index contributed by atoms with van der Waals surface area (Å²) < 4.78 is 40.3. The van der Waals surface area contributed by atoms with Crippen LogP contribution in [0.15, 0.2) is 46.0 Å². The Labute approximate surface area is 137 Å². The van der Waals surface area contributed by atoms with Gasteiger partial charge >= 0.3 is 6.36 Å². The van der Waals surface area contributed by atoms with Crippen molar-refractivity contribution < 1.29 is 22.7 Å². The van der Waals surface area contributed by atoms with Crippen LogP contribution in [0.2, 0.25) is 0 Å². The minimum atomic E-state index is -4.79. The van der Waals surface area contributed by atoms with Gasteiger partial charge in [-0.25, -0.2) is 4.99 Å². The lowest BCUT2D eigenvalue weighted by molar-refractivity contribution is -0.274. The Kier molecular flexibility index (Phi) is 6.51. The molecule has 0 heterocycles. The molecule has 0 aliphatic carbocycles. The maximum atomic E-state index is 12.2. The van der Waals surface area contributed by atoms with Crippen molar-refractivity contribution in [2.75, 3.05) is 5.01 Å². The second-order valence-electron chi connectivity index (χ2n) is 4.76. The third-order valence-corrected chi connectivity index (χ3v) is 2.40. The summed E-state index contributed by atoms with van der Waals surface area (Å²) >= 11 is 0. The van der Waals surface area contributed by atoms with Crippen molar-refractivity contribution in [3.05, 3.63) is 35.9 Å². The zero-order valence-electron chi connectivity index (χ0n) is 13.3. The first kappa shape index (κ1) is 19.2. The smallest absolute Gasteiger partial charge is 0.406 e. The fraction of sp³-hybridized carbons (Fsp3) is 0.267. The third-order valence-electron chi connectivity index (χ3n) is 2.40. The molecule has 130 valence electrons. The maximum absolute atomic E-state index is 12.2. The highest BCUT2D eigenvalue weighted by atomic mass is 19.4. The summed E-state index contributed by atoms with van der Waals surface area (Å²) in [6.45, 7) is 5.05. The van der Waals surface area contributed by atoms with E-state index in [2.05, 4.69) is 14.8 Å². The predicted molar refractivity (Wildman–Crippen MR) is 85.8 cm³/mol. The van der Waals surface area contributed by atoms with E-state index >= 15 is 0 Å². The molecule has 0 radical (unpaired) electrons. The number of hydrogen-bond acceptors (Lipinski definition) is 3. The molecule has 0 bridgehead atoms. The van der Waals surface area contributed by atoms with Gasteiger partial charge in [-0.1, -0.05) is 5.57 Å². The highest BCUT2D eigenvalue weighted by Crippen LogP contribution is 2.25. The number of hydrogen-bond donors (Lipinski definition) is 1. The van der Waals surface area contributed by atoms with Crippen LogP contribution in [0, 0.1) is 0 Å². The molecular formula is C15H17F3N4O2. The quantitative estimate of drug-likeness (QED) is 0.395. The number of hydrazone groups is 1. The van der Waals surface area contributed by atoms with Crippen molar-refractivity contribution in [1.82, 2.24) is 0 Å². The molecule has 1 aromatic carbocycles. The van der Waals surface area contributed by atoms with Crippen LogP contribution >= 0.6 is 0 Å². The zero-order chi connectivity index (χ0) is 18.3. The van der Waals surface area contributed by atoms with Gasteiger partial charge in [0.1, 0.15) is 5.75 Å². The molecular weight excluding hydrogens is 325 g/mol. The molecule has 0 aliphatic heterocycles. The number of halogens is 3. The Morgan fingerprint density at radius 2 is 1.83 bits per heavy atom. The topological polar surface area (TPSA) is 80.3 Å². The lowest BCUT2D eigenvalue weighted by Crippen LogP contribution is -2.27.